The summed E-state index contributed by atoms with van der Waals surface area (Å²) in [6, 6.07) is 8.10. The number of carboxylic acid groups (broad SMARTS) is 1. The standard InChI is InChI=1S/C15H10F4O3/c16-13-7-11(4-5-12(13)15(17,18)19)22-8-9-2-1-3-10(6-9)14(20)21/h1-7H,8H2,(H,20,21). The fourth-order valence-corrected chi connectivity index (χ4v) is 1.78. The third-order valence-electron chi connectivity index (χ3n) is 2.83. The molecular weight excluding hydrogens is 304 g/mol. The molecule has 0 aliphatic heterocycles. The van der Waals surface area contributed by atoms with Crippen LogP contribution < -0.4 is 4.74 Å². The largest absolute Gasteiger partial charge is 0.489 e. The lowest BCUT2D eigenvalue weighted by Gasteiger charge is -2.11. The first kappa shape index (κ1) is 15.8. The average molecular weight is 314 g/mol. The highest BCUT2D eigenvalue weighted by Crippen LogP contribution is 2.32. The fourth-order valence-electron chi connectivity index (χ4n) is 1.78. The van der Waals surface area contributed by atoms with E-state index < -0.39 is 23.5 Å². The van der Waals surface area contributed by atoms with Crippen LogP contribution in [0.4, 0.5) is 17.6 Å². The third kappa shape index (κ3) is 3.75. The Balaban J connectivity index is 2.11. The molecule has 2 rings (SSSR count). The Bertz CT molecular complexity index is 695. The molecule has 3 nitrogen and oxygen atoms in total. The molecule has 0 saturated heterocycles. The van der Waals surface area contributed by atoms with Gasteiger partial charge in [-0.05, 0) is 29.8 Å². The number of alkyl halides is 3. The average Bonchev–Trinajstić information content (AvgIpc) is 2.44. The quantitative estimate of drug-likeness (QED) is 0.864. The van der Waals surface area contributed by atoms with Crippen LogP contribution >= 0.6 is 0 Å². The molecule has 7 heteroatoms. The molecule has 116 valence electrons. The van der Waals surface area contributed by atoms with Gasteiger partial charge in [-0.3, -0.25) is 0 Å². The number of carbonyl (C=O) groups is 1. The zero-order valence-electron chi connectivity index (χ0n) is 11.0. The molecule has 0 aliphatic rings. The second-order valence-electron chi connectivity index (χ2n) is 4.43. The number of ether oxygens (including phenoxy) is 1. The van der Waals surface area contributed by atoms with Crippen LogP contribution in [-0.2, 0) is 12.8 Å². The van der Waals surface area contributed by atoms with E-state index >= 15 is 0 Å². The highest BCUT2D eigenvalue weighted by Gasteiger charge is 2.34. The molecule has 0 saturated carbocycles. The Morgan fingerprint density at radius 2 is 1.86 bits per heavy atom. The molecule has 0 aromatic heterocycles. The van der Waals surface area contributed by atoms with Crippen molar-refractivity contribution in [1.29, 1.82) is 0 Å². The minimum atomic E-state index is -4.77. The van der Waals surface area contributed by atoms with Gasteiger partial charge in [0, 0.05) is 6.07 Å². The molecule has 2 aromatic carbocycles. The Labute approximate surface area is 122 Å². The topological polar surface area (TPSA) is 46.5 Å². The van der Waals surface area contributed by atoms with Crippen LogP contribution in [0.2, 0.25) is 0 Å². The summed E-state index contributed by atoms with van der Waals surface area (Å²) in [6.45, 7) is -0.0913. The maximum absolute atomic E-state index is 13.4. The predicted molar refractivity (Wildman–Crippen MR) is 69.1 cm³/mol. The molecule has 0 atom stereocenters. The second-order valence-corrected chi connectivity index (χ2v) is 4.43. The number of hydrogen-bond acceptors (Lipinski definition) is 2. The number of rotatable bonds is 4. The van der Waals surface area contributed by atoms with Gasteiger partial charge in [0.25, 0.3) is 0 Å². The van der Waals surface area contributed by atoms with Gasteiger partial charge in [-0.1, -0.05) is 12.1 Å². The summed E-state index contributed by atoms with van der Waals surface area (Å²) in [5.41, 5.74) is -0.812. The van der Waals surface area contributed by atoms with Crippen LogP contribution in [0.15, 0.2) is 42.5 Å². The van der Waals surface area contributed by atoms with Gasteiger partial charge in [0.15, 0.2) is 0 Å². The first-order valence-electron chi connectivity index (χ1n) is 6.09. The molecule has 0 bridgehead atoms. The van der Waals surface area contributed by atoms with E-state index in [9.17, 15) is 22.4 Å². The van der Waals surface area contributed by atoms with E-state index in [4.69, 9.17) is 9.84 Å². The SMILES string of the molecule is O=C(O)c1cccc(COc2ccc(C(F)(F)F)c(F)c2)c1. The monoisotopic (exact) mass is 314 g/mol. The highest BCUT2D eigenvalue weighted by atomic mass is 19.4. The van der Waals surface area contributed by atoms with Crippen molar-refractivity contribution in [3.8, 4) is 5.75 Å². The summed E-state index contributed by atoms with van der Waals surface area (Å²) in [4.78, 5) is 10.8. The lowest BCUT2D eigenvalue weighted by molar-refractivity contribution is -0.140. The molecule has 1 N–H and O–H groups in total. The van der Waals surface area contributed by atoms with E-state index in [1.807, 2.05) is 0 Å². The van der Waals surface area contributed by atoms with E-state index in [2.05, 4.69) is 0 Å². The summed E-state index contributed by atoms with van der Waals surface area (Å²) in [7, 11) is 0. The molecule has 2 aromatic rings. The lowest BCUT2D eigenvalue weighted by Crippen LogP contribution is -2.08. The molecule has 0 amide bonds. The van der Waals surface area contributed by atoms with E-state index in [0.717, 1.165) is 6.07 Å². The zero-order chi connectivity index (χ0) is 16.3. The molecule has 0 unspecified atom stereocenters. The predicted octanol–water partition coefficient (Wildman–Crippen LogP) is 4.12. The summed E-state index contributed by atoms with van der Waals surface area (Å²) >= 11 is 0. The van der Waals surface area contributed by atoms with Crippen molar-refractivity contribution in [1.82, 2.24) is 0 Å². The normalized spacial score (nSPS) is 11.3. The Morgan fingerprint density at radius 3 is 2.45 bits per heavy atom. The van der Waals surface area contributed by atoms with E-state index in [1.165, 1.54) is 18.2 Å². The summed E-state index contributed by atoms with van der Waals surface area (Å²) in [5, 5.41) is 8.84. The lowest BCUT2D eigenvalue weighted by atomic mass is 10.1. The van der Waals surface area contributed by atoms with Crippen molar-refractivity contribution >= 4 is 5.97 Å². The molecule has 0 radical (unpaired) electrons. The summed E-state index contributed by atoms with van der Waals surface area (Å²) in [6.07, 6.45) is -4.77. The maximum Gasteiger partial charge on any atom is 0.419 e. The first-order valence-corrected chi connectivity index (χ1v) is 6.09. The van der Waals surface area contributed by atoms with E-state index in [1.54, 1.807) is 6.07 Å². The summed E-state index contributed by atoms with van der Waals surface area (Å²) < 4.78 is 55.8. The minimum Gasteiger partial charge on any atom is -0.489 e. The van der Waals surface area contributed by atoms with Gasteiger partial charge in [0.05, 0.1) is 11.1 Å². The Kier molecular flexibility index (Phi) is 4.35. The van der Waals surface area contributed by atoms with Crippen molar-refractivity contribution < 1.29 is 32.2 Å². The zero-order valence-corrected chi connectivity index (χ0v) is 11.0. The van der Waals surface area contributed by atoms with Crippen molar-refractivity contribution in [3.05, 3.63) is 65.0 Å². The number of benzene rings is 2. The van der Waals surface area contributed by atoms with Gasteiger partial charge < -0.3 is 9.84 Å². The van der Waals surface area contributed by atoms with Crippen molar-refractivity contribution in [2.45, 2.75) is 12.8 Å². The van der Waals surface area contributed by atoms with E-state index in [0.29, 0.717) is 17.7 Å². The Hall–Kier alpha value is -2.57. The van der Waals surface area contributed by atoms with E-state index in [-0.39, 0.29) is 17.9 Å². The van der Waals surface area contributed by atoms with Gasteiger partial charge in [-0.2, -0.15) is 13.2 Å². The van der Waals surface area contributed by atoms with Gasteiger partial charge in [0.2, 0.25) is 0 Å². The van der Waals surface area contributed by atoms with Crippen LogP contribution in [0.25, 0.3) is 0 Å². The molecule has 0 spiro atoms. The van der Waals surface area contributed by atoms with Crippen LogP contribution in [0, 0.1) is 5.82 Å². The molecule has 0 aliphatic carbocycles. The van der Waals surface area contributed by atoms with Crippen LogP contribution in [-0.4, -0.2) is 11.1 Å². The van der Waals surface area contributed by atoms with Crippen LogP contribution in [0.5, 0.6) is 5.75 Å². The summed E-state index contributed by atoms with van der Waals surface area (Å²) in [5.74, 6) is -2.61. The van der Waals surface area contributed by atoms with Crippen molar-refractivity contribution in [2.75, 3.05) is 0 Å². The smallest absolute Gasteiger partial charge is 0.419 e. The third-order valence-corrected chi connectivity index (χ3v) is 2.83. The number of hydrogen-bond donors (Lipinski definition) is 1. The van der Waals surface area contributed by atoms with Crippen LogP contribution in [0.3, 0.4) is 0 Å². The molecular formula is C15H10F4O3. The second kappa shape index (κ2) is 6.05. The van der Waals surface area contributed by atoms with Crippen LogP contribution in [0.1, 0.15) is 21.5 Å². The molecule has 0 fully saturated rings. The molecule has 0 heterocycles. The van der Waals surface area contributed by atoms with Gasteiger partial charge in [-0.25, -0.2) is 9.18 Å². The van der Waals surface area contributed by atoms with Crippen molar-refractivity contribution in [2.24, 2.45) is 0 Å². The fraction of sp³-hybridized carbons (Fsp3) is 0.133. The molecule has 22 heavy (non-hydrogen) atoms. The number of carboxylic acids is 1. The maximum atomic E-state index is 13.4. The number of halogens is 4. The van der Waals surface area contributed by atoms with Crippen molar-refractivity contribution in [3.63, 3.8) is 0 Å². The Morgan fingerprint density at radius 1 is 1.14 bits per heavy atom. The van der Waals surface area contributed by atoms with Gasteiger partial charge in [0.1, 0.15) is 18.2 Å². The van der Waals surface area contributed by atoms with Gasteiger partial charge in [-0.15, -0.1) is 0 Å². The number of aromatic carboxylic acids is 1. The van der Waals surface area contributed by atoms with Gasteiger partial charge >= 0.3 is 12.1 Å². The highest BCUT2D eigenvalue weighted by molar-refractivity contribution is 5.87. The minimum absolute atomic E-state index is 0.0553. The first-order chi connectivity index (χ1) is 10.3.